The van der Waals surface area contributed by atoms with Gasteiger partial charge in [0.25, 0.3) is 0 Å². The van der Waals surface area contributed by atoms with E-state index in [0.717, 1.165) is 30.9 Å². The summed E-state index contributed by atoms with van der Waals surface area (Å²) in [5.41, 5.74) is 7.60. The number of nitrogens with zero attached hydrogens (tertiary/aromatic N) is 1. The largest absolute Gasteiger partial charge is 0.496 e. The highest BCUT2D eigenvalue weighted by molar-refractivity contribution is 7.70. The monoisotopic (exact) mass is 762 g/mol. The highest BCUT2D eigenvalue weighted by atomic mass is 31.1. The molecule has 0 unspecified atom stereocenters. The second-order valence-electron chi connectivity index (χ2n) is 20.1. The van der Waals surface area contributed by atoms with Crippen LogP contribution in [-0.4, -0.2) is 31.5 Å². The van der Waals surface area contributed by atoms with Gasteiger partial charge in [0.15, 0.2) is 0 Å². The Kier molecular flexibility index (Phi) is 13.1. The van der Waals surface area contributed by atoms with Crippen LogP contribution in [0.25, 0.3) is 0 Å². The summed E-state index contributed by atoms with van der Waals surface area (Å²) in [5, 5.41) is 2.83. The Morgan fingerprint density at radius 1 is 0.545 bits per heavy atom. The van der Waals surface area contributed by atoms with Crippen molar-refractivity contribution in [2.24, 2.45) is 0 Å². The maximum atomic E-state index is 6.38. The molecule has 0 spiro atoms. The van der Waals surface area contributed by atoms with Gasteiger partial charge in [0, 0.05) is 54.7 Å². The van der Waals surface area contributed by atoms with E-state index in [0.29, 0.717) is 17.9 Å². The van der Waals surface area contributed by atoms with Crippen molar-refractivity contribution < 1.29 is 9.47 Å². The molecular weight excluding hydrogens is 690 g/mol. The fourth-order valence-electron chi connectivity index (χ4n) is 8.81. The summed E-state index contributed by atoms with van der Waals surface area (Å²) in [5.74, 6) is 2.89. The molecule has 1 saturated carbocycles. The zero-order valence-corrected chi connectivity index (χ0v) is 38.0. The van der Waals surface area contributed by atoms with Gasteiger partial charge in [-0.2, -0.15) is 0 Å². The Bertz CT molecular complexity index is 1670. The molecule has 4 heteroatoms. The van der Waals surface area contributed by atoms with Crippen LogP contribution in [0.5, 0.6) is 11.5 Å². The molecule has 0 radical (unpaired) electrons. The molecule has 0 heterocycles. The number of rotatable bonds is 11. The Morgan fingerprint density at radius 3 is 1.15 bits per heavy atom. The lowest BCUT2D eigenvalue weighted by atomic mass is 9.79. The van der Waals surface area contributed by atoms with Gasteiger partial charge in [-0.25, -0.2) is 0 Å². The van der Waals surface area contributed by atoms with Crippen molar-refractivity contribution in [3.05, 3.63) is 118 Å². The van der Waals surface area contributed by atoms with Gasteiger partial charge in [-0.1, -0.05) is 157 Å². The molecule has 1 fully saturated rings. The average molecular weight is 762 g/mol. The highest BCUT2D eigenvalue weighted by Gasteiger charge is 2.45. The fourth-order valence-corrected chi connectivity index (χ4v) is 11.6. The molecule has 1 aliphatic carbocycles. The number of hydrogen-bond acceptors (Lipinski definition) is 3. The number of ether oxygens (including phenoxy) is 2. The first kappa shape index (κ1) is 43.0. The number of benzene rings is 4. The molecule has 0 N–H and O–H groups in total. The van der Waals surface area contributed by atoms with Crippen molar-refractivity contribution in [3.63, 3.8) is 0 Å². The van der Waals surface area contributed by atoms with E-state index in [1.54, 1.807) is 0 Å². The number of methoxy groups -OCH3 is 2. The van der Waals surface area contributed by atoms with Crippen LogP contribution in [0.3, 0.4) is 0 Å². The van der Waals surface area contributed by atoms with Crippen molar-refractivity contribution in [3.8, 4) is 11.5 Å². The first-order valence-electron chi connectivity index (χ1n) is 20.8. The summed E-state index contributed by atoms with van der Waals surface area (Å²) >= 11 is 0. The molecule has 298 valence electrons. The van der Waals surface area contributed by atoms with Crippen LogP contribution in [0.2, 0.25) is 0 Å². The second kappa shape index (κ2) is 16.8. The first-order valence-corrected chi connectivity index (χ1v) is 22.1. The Labute approximate surface area is 337 Å². The van der Waals surface area contributed by atoms with Crippen LogP contribution in [0, 0.1) is 0 Å². The van der Waals surface area contributed by atoms with Gasteiger partial charge in [0.05, 0.1) is 14.2 Å². The summed E-state index contributed by atoms with van der Waals surface area (Å²) in [7, 11) is 2.68. The Balaban J connectivity index is 1.96. The summed E-state index contributed by atoms with van der Waals surface area (Å²) in [6.07, 6.45) is 4.63. The average Bonchev–Trinajstić information content (AvgIpc) is 3.56. The first-order chi connectivity index (χ1) is 25.7. The molecule has 2 atom stereocenters. The third kappa shape index (κ3) is 9.37. The third-order valence-electron chi connectivity index (χ3n) is 11.7. The van der Waals surface area contributed by atoms with E-state index in [1.165, 1.54) is 56.8 Å². The molecule has 5 rings (SSSR count). The number of hydrogen-bond donors (Lipinski definition) is 0. The quantitative estimate of drug-likeness (QED) is 0.142. The normalized spacial score (nSPS) is 17.3. The van der Waals surface area contributed by atoms with Crippen molar-refractivity contribution in [2.45, 2.75) is 155 Å². The fraction of sp³-hybridized carbons (Fsp3) is 0.529. The van der Waals surface area contributed by atoms with E-state index < -0.39 is 8.07 Å². The van der Waals surface area contributed by atoms with Gasteiger partial charge in [0.2, 0.25) is 0 Å². The van der Waals surface area contributed by atoms with Crippen LogP contribution >= 0.6 is 8.07 Å². The van der Waals surface area contributed by atoms with Gasteiger partial charge in [0.1, 0.15) is 11.5 Å². The van der Waals surface area contributed by atoms with E-state index in [-0.39, 0.29) is 21.7 Å². The molecule has 0 saturated heterocycles. The molecular formula is C51H72NO2P. The standard InChI is InChI=1S/C51H72NO2P/c1-16-17-30-52(45-39(35-24-20-18-21-25-35)28-29-40(45)36-26-22-19-23-27-36)55(37-31-41(48(2,3)4)46(53-14)42(32-37)49(5,6)7)38-33-43(50(8,9)10)47(54-15)44(34-38)51(11,12)13/h18-27,31-34,39-40,45H,16-17,28-30H2,1-15H3/t39-,40-/m1/s1. The molecule has 0 bridgehead atoms. The Morgan fingerprint density at radius 2 is 0.873 bits per heavy atom. The zero-order valence-electron chi connectivity index (χ0n) is 37.1. The molecule has 0 amide bonds. The molecule has 4 aromatic rings. The second-order valence-corrected chi connectivity index (χ2v) is 22.2. The minimum Gasteiger partial charge on any atom is -0.496 e. The lowest BCUT2D eigenvalue weighted by Crippen LogP contribution is -2.42. The van der Waals surface area contributed by atoms with Gasteiger partial charge in [-0.15, -0.1) is 0 Å². The lowest BCUT2D eigenvalue weighted by Gasteiger charge is -2.44. The van der Waals surface area contributed by atoms with Gasteiger partial charge in [-0.05, 0) is 86.9 Å². The predicted molar refractivity (Wildman–Crippen MR) is 240 cm³/mol. The number of unbranched alkanes of at least 4 members (excludes halogenated alkanes) is 1. The highest BCUT2D eigenvalue weighted by Crippen LogP contribution is 2.55. The van der Waals surface area contributed by atoms with E-state index >= 15 is 0 Å². The summed E-state index contributed by atoms with van der Waals surface area (Å²) < 4.78 is 15.8. The molecule has 55 heavy (non-hydrogen) atoms. The molecule has 3 nitrogen and oxygen atoms in total. The van der Waals surface area contributed by atoms with Crippen molar-refractivity contribution in [2.75, 3.05) is 20.8 Å². The third-order valence-corrected chi connectivity index (χ3v) is 14.2. The van der Waals surface area contributed by atoms with Crippen LogP contribution in [-0.2, 0) is 21.7 Å². The minimum atomic E-state index is -1.04. The van der Waals surface area contributed by atoms with Crippen LogP contribution in [0.15, 0.2) is 84.9 Å². The zero-order chi connectivity index (χ0) is 40.5. The minimum absolute atomic E-state index is 0.115. The molecule has 0 aromatic heterocycles. The molecule has 0 aliphatic heterocycles. The molecule has 4 aromatic carbocycles. The van der Waals surface area contributed by atoms with Crippen LogP contribution < -0.4 is 20.1 Å². The smallest absolute Gasteiger partial charge is 0.126 e. The van der Waals surface area contributed by atoms with Gasteiger partial charge >= 0.3 is 0 Å². The summed E-state index contributed by atoms with van der Waals surface area (Å²) in [4.78, 5) is 0. The van der Waals surface area contributed by atoms with Gasteiger partial charge < -0.3 is 9.47 Å². The van der Waals surface area contributed by atoms with Gasteiger partial charge in [-0.3, -0.25) is 4.67 Å². The van der Waals surface area contributed by atoms with E-state index in [2.05, 4.69) is 180 Å². The predicted octanol–water partition coefficient (Wildman–Crippen LogP) is 13.1. The van der Waals surface area contributed by atoms with Crippen LogP contribution in [0.1, 0.15) is 161 Å². The molecule has 1 aliphatic rings. The van der Waals surface area contributed by atoms with Crippen LogP contribution in [0.4, 0.5) is 0 Å². The van der Waals surface area contributed by atoms with Crippen molar-refractivity contribution in [1.29, 1.82) is 0 Å². The van der Waals surface area contributed by atoms with E-state index in [4.69, 9.17) is 9.47 Å². The maximum Gasteiger partial charge on any atom is 0.126 e. The Hall–Kier alpha value is -3.13. The topological polar surface area (TPSA) is 21.7 Å². The lowest BCUT2D eigenvalue weighted by molar-refractivity contribution is 0.296. The van der Waals surface area contributed by atoms with E-state index in [1.807, 2.05) is 14.2 Å². The summed E-state index contributed by atoms with van der Waals surface area (Å²) in [6, 6.07) is 33.3. The SMILES string of the molecule is CCCCN(C1[C@@H](c2ccccc2)CC[C@@H]1c1ccccc1)P(c1cc(C(C)(C)C)c(OC)c(C(C)(C)C)c1)c1cc(C(C)(C)C)c(OC)c(C(C)(C)C)c1. The van der Waals surface area contributed by atoms with E-state index in [9.17, 15) is 0 Å². The maximum absolute atomic E-state index is 6.38. The van der Waals surface area contributed by atoms with Crippen molar-refractivity contribution in [1.82, 2.24) is 4.67 Å². The summed E-state index contributed by atoms with van der Waals surface area (Å²) in [6.45, 7) is 31.5. The van der Waals surface area contributed by atoms with Crippen molar-refractivity contribution >= 4 is 18.7 Å².